The van der Waals surface area contributed by atoms with Crippen LogP contribution in [0.3, 0.4) is 0 Å². The molecule has 0 spiro atoms. The second-order valence-corrected chi connectivity index (χ2v) is 5.79. The van der Waals surface area contributed by atoms with Gasteiger partial charge in [0, 0.05) is 33.4 Å². The number of rotatable bonds is 4. The largest absolute Gasteiger partial charge is 0.381 e. The van der Waals surface area contributed by atoms with E-state index in [2.05, 4.69) is 0 Å². The van der Waals surface area contributed by atoms with Gasteiger partial charge in [0.05, 0.1) is 5.25 Å². The Hall–Kier alpha value is -0.170. The molecule has 0 aliphatic carbocycles. The summed E-state index contributed by atoms with van der Waals surface area (Å²) in [5.41, 5.74) is 5.32. The SMILES string of the molecule is CN(CCN)S(=O)(=O)C1CCOCC1. The number of nitrogens with two attached hydrogens (primary N) is 1. The lowest BCUT2D eigenvalue weighted by atomic mass is 10.2. The van der Waals surface area contributed by atoms with Crippen molar-refractivity contribution in [3.8, 4) is 0 Å². The Morgan fingerprint density at radius 1 is 1.43 bits per heavy atom. The fraction of sp³-hybridized carbons (Fsp3) is 1.00. The van der Waals surface area contributed by atoms with Gasteiger partial charge >= 0.3 is 0 Å². The van der Waals surface area contributed by atoms with Gasteiger partial charge in [-0.25, -0.2) is 12.7 Å². The number of ether oxygens (including phenoxy) is 1. The zero-order valence-corrected chi connectivity index (χ0v) is 9.29. The van der Waals surface area contributed by atoms with Crippen LogP contribution < -0.4 is 5.73 Å². The van der Waals surface area contributed by atoms with Gasteiger partial charge in [-0.05, 0) is 12.8 Å². The second-order valence-electron chi connectivity index (χ2n) is 3.47. The number of hydrogen-bond donors (Lipinski definition) is 1. The molecule has 0 aromatic heterocycles. The van der Waals surface area contributed by atoms with Crippen molar-refractivity contribution < 1.29 is 13.2 Å². The number of sulfonamides is 1. The molecule has 1 aliphatic rings. The molecule has 2 N–H and O–H groups in total. The van der Waals surface area contributed by atoms with Crippen molar-refractivity contribution in [2.24, 2.45) is 5.73 Å². The Balaban J connectivity index is 2.62. The third kappa shape index (κ3) is 2.66. The number of hydrogen-bond acceptors (Lipinski definition) is 4. The average Bonchev–Trinajstić information content (AvgIpc) is 2.19. The fourth-order valence-corrected chi connectivity index (χ4v) is 3.19. The van der Waals surface area contributed by atoms with Crippen LogP contribution in [0.4, 0.5) is 0 Å². The standard InChI is InChI=1S/C8H18N2O3S/c1-10(5-4-9)14(11,12)8-2-6-13-7-3-8/h8H,2-7,9H2,1H3. The molecule has 0 amide bonds. The van der Waals surface area contributed by atoms with Gasteiger partial charge in [-0.1, -0.05) is 0 Å². The van der Waals surface area contributed by atoms with E-state index in [1.54, 1.807) is 7.05 Å². The van der Waals surface area contributed by atoms with Crippen LogP contribution in [-0.4, -0.2) is 51.3 Å². The van der Waals surface area contributed by atoms with Crippen LogP contribution in [-0.2, 0) is 14.8 Å². The van der Waals surface area contributed by atoms with Gasteiger partial charge in [0.15, 0.2) is 0 Å². The van der Waals surface area contributed by atoms with E-state index in [-0.39, 0.29) is 5.25 Å². The maximum absolute atomic E-state index is 11.9. The Bertz CT molecular complexity index is 260. The minimum atomic E-state index is -3.15. The van der Waals surface area contributed by atoms with Crippen molar-refractivity contribution >= 4 is 10.0 Å². The van der Waals surface area contributed by atoms with Gasteiger partial charge in [-0.15, -0.1) is 0 Å². The topological polar surface area (TPSA) is 72.6 Å². The van der Waals surface area contributed by atoms with Gasteiger partial charge in [0.2, 0.25) is 10.0 Å². The van der Waals surface area contributed by atoms with Crippen LogP contribution in [0.5, 0.6) is 0 Å². The van der Waals surface area contributed by atoms with Crippen molar-refractivity contribution in [3.63, 3.8) is 0 Å². The molecule has 0 atom stereocenters. The van der Waals surface area contributed by atoms with Crippen LogP contribution in [0.25, 0.3) is 0 Å². The Morgan fingerprint density at radius 2 is 2.00 bits per heavy atom. The first-order valence-electron chi connectivity index (χ1n) is 4.82. The molecule has 0 saturated carbocycles. The highest BCUT2D eigenvalue weighted by Gasteiger charge is 2.30. The van der Waals surface area contributed by atoms with Crippen LogP contribution in [0.15, 0.2) is 0 Å². The lowest BCUT2D eigenvalue weighted by Crippen LogP contribution is -2.41. The number of likely N-dealkylation sites (N-methyl/N-ethyl adjacent to an activating group) is 1. The van der Waals surface area contributed by atoms with Crippen LogP contribution in [0.2, 0.25) is 0 Å². The molecule has 0 aromatic rings. The summed E-state index contributed by atoms with van der Waals surface area (Å²) in [5.74, 6) is 0. The van der Waals surface area contributed by atoms with Gasteiger partial charge in [0.25, 0.3) is 0 Å². The summed E-state index contributed by atoms with van der Waals surface area (Å²) in [6, 6.07) is 0. The van der Waals surface area contributed by atoms with E-state index in [0.717, 1.165) is 0 Å². The lowest BCUT2D eigenvalue weighted by molar-refractivity contribution is 0.0974. The zero-order chi connectivity index (χ0) is 10.6. The minimum Gasteiger partial charge on any atom is -0.381 e. The first-order valence-corrected chi connectivity index (χ1v) is 6.32. The van der Waals surface area contributed by atoms with E-state index in [1.807, 2.05) is 0 Å². The smallest absolute Gasteiger partial charge is 0.216 e. The van der Waals surface area contributed by atoms with E-state index in [1.165, 1.54) is 4.31 Å². The Kier molecular flexibility index (Phi) is 4.31. The molecule has 1 rings (SSSR count). The first kappa shape index (κ1) is 11.9. The monoisotopic (exact) mass is 222 g/mol. The molecule has 1 aliphatic heterocycles. The fourth-order valence-electron chi connectivity index (χ4n) is 1.54. The molecule has 5 nitrogen and oxygen atoms in total. The van der Waals surface area contributed by atoms with E-state index in [0.29, 0.717) is 39.1 Å². The van der Waals surface area contributed by atoms with Crippen molar-refractivity contribution in [3.05, 3.63) is 0 Å². The third-order valence-corrected chi connectivity index (χ3v) is 4.83. The lowest BCUT2D eigenvalue weighted by Gasteiger charge is -2.26. The molecule has 6 heteroatoms. The average molecular weight is 222 g/mol. The minimum absolute atomic E-state index is 0.284. The van der Waals surface area contributed by atoms with Crippen molar-refractivity contribution in [2.75, 3.05) is 33.4 Å². The molecular weight excluding hydrogens is 204 g/mol. The van der Waals surface area contributed by atoms with Gasteiger partial charge in [-0.3, -0.25) is 0 Å². The predicted octanol–water partition coefficient (Wildman–Crippen LogP) is -0.614. The molecule has 84 valence electrons. The van der Waals surface area contributed by atoms with Crippen LogP contribution >= 0.6 is 0 Å². The van der Waals surface area contributed by atoms with Crippen molar-refractivity contribution in [1.82, 2.24) is 4.31 Å². The molecule has 0 bridgehead atoms. The summed E-state index contributed by atoms with van der Waals surface area (Å²) < 4.78 is 30.3. The maximum Gasteiger partial charge on any atom is 0.216 e. The summed E-state index contributed by atoms with van der Waals surface area (Å²) in [6.07, 6.45) is 1.19. The molecule has 1 saturated heterocycles. The predicted molar refractivity (Wildman–Crippen MR) is 54.4 cm³/mol. The molecule has 0 unspecified atom stereocenters. The summed E-state index contributed by atoms with van der Waals surface area (Å²) in [7, 11) is -1.57. The summed E-state index contributed by atoms with van der Waals surface area (Å²) in [5, 5.41) is -0.284. The van der Waals surface area contributed by atoms with Crippen molar-refractivity contribution in [1.29, 1.82) is 0 Å². The van der Waals surface area contributed by atoms with E-state index < -0.39 is 10.0 Å². The first-order chi connectivity index (χ1) is 6.59. The summed E-state index contributed by atoms with van der Waals surface area (Å²) >= 11 is 0. The molecule has 0 aromatic carbocycles. The van der Waals surface area contributed by atoms with Crippen LogP contribution in [0, 0.1) is 0 Å². The quantitative estimate of drug-likeness (QED) is 0.688. The van der Waals surface area contributed by atoms with E-state index in [4.69, 9.17) is 10.5 Å². The third-order valence-electron chi connectivity index (χ3n) is 2.47. The highest BCUT2D eigenvalue weighted by atomic mass is 32.2. The molecule has 0 radical (unpaired) electrons. The van der Waals surface area contributed by atoms with Crippen LogP contribution in [0.1, 0.15) is 12.8 Å². The molecular formula is C8H18N2O3S. The summed E-state index contributed by atoms with van der Waals surface area (Å²) in [6.45, 7) is 1.83. The zero-order valence-electron chi connectivity index (χ0n) is 8.48. The molecule has 1 heterocycles. The van der Waals surface area contributed by atoms with E-state index in [9.17, 15) is 8.42 Å². The van der Waals surface area contributed by atoms with Crippen molar-refractivity contribution in [2.45, 2.75) is 18.1 Å². The molecule has 1 fully saturated rings. The van der Waals surface area contributed by atoms with Gasteiger partial charge in [0.1, 0.15) is 0 Å². The normalized spacial score (nSPS) is 20.2. The highest BCUT2D eigenvalue weighted by molar-refractivity contribution is 7.89. The van der Waals surface area contributed by atoms with Gasteiger partial charge in [-0.2, -0.15) is 0 Å². The van der Waals surface area contributed by atoms with E-state index >= 15 is 0 Å². The summed E-state index contributed by atoms with van der Waals surface area (Å²) in [4.78, 5) is 0. The van der Waals surface area contributed by atoms with Gasteiger partial charge < -0.3 is 10.5 Å². The Morgan fingerprint density at radius 3 is 2.50 bits per heavy atom. The molecule has 14 heavy (non-hydrogen) atoms. The highest BCUT2D eigenvalue weighted by Crippen LogP contribution is 2.18. The Labute approximate surface area is 85.3 Å². The maximum atomic E-state index is 11.9. The second kappa shape index (κ2) is 5.06. The number of nitrogens with zero attached hydrogens (tertiary/aromatic N) is 1.